The first kappa shape index (κ1) is 9.91. The molecule has 0 heterocycles. The molecule has 56 valence electrons. The molecule has 0 aliphatic rings. The molecule has 0 unspecified atom stereocenters. The first-order chi connectivity index (χ1) is 4.57. The van der Waals surface area contributed by atoms with Crippen LogP contribution < -0.4 is 5.73 Å². The quantitative estimate of drug-likeness (QED) is 0.355. The van der Waals surface area contributed by atoms with Crippen LogP contribution in [-0.2, 0) is 0 Å². The van der Waals surface area contributed by atoms with E-state index in [1.165, 1.54) is 0 Å². The van der Waals surface area contributed by atoms with Gasteiger partial charge in [0.15, 0.2) is 4.74 Å². The second-order valence-electron chi connectivity index (χ2n) is 1.61. The van der Waals surface area contributed by atoms with Crippen molar-refractivity contribution in [2.45, 2.75) is 6.92 Å². The molecular formula is C6H8Br2N2. The maximum absolute atomic E-state index is 5.25. The Morgan fingerprint density at radius 2 is 2.10 bits per heavy atom. The Labute approximate surface area is 77.2 Å². The van der Waals surface area contributed by atoms with Crippen LogP contribution in [0, 0.1) is 0 Å². The topological polar surface area (TPSA) is 38.4 Å². The van der Waals surface area contributed by atoms with Crippen molar-refractivity contribution < 1.29 is 0 Å². The van der Waals surface area contributed by atoms with E-state index in [1.54, 1.807) is 6.08 Å². The Morgan fingerprint density at radius 1 is 1.60 bits per heavy atom. The van der Waals surface area contributed by atoms with E-state index in [-0.39, 0.29) is 0 Å². The van der Waals surface area contributed by atoms with Crippen LogP contribution in [0.1, 0.15) is 6.92 Å². The summed E-state index contributed by atoms with van der Waals surface area (Å²) in [5, 5.41) is 0. The number of nitrogens with zero attached hydrogens (tertiary/aromatic N) is 1. The van der Waals surface area contributed by atoms with E-state index >= 15 is 0 Å². The van der Waals surface area contributed by atoms with Gasteiger partial charge in [0.2, 0.25) is 0 Å². The Hall–Kier alpha value is -0.0900. The minimum atomic E-state index is 0.348. The van der Waals surface area contributed by atoms with Crippen LogP contribution in [0.25, 0.3) is 0 Å². The van der Waals surface area contributed by atoms with Gasteiger partial charge in [-0.25, -0.2) is 4.99 Å². The second-order valence-corrected chi connectivity index (χ2v) is 3.18. The van der Waals surface area contributed by atoms with Crippen LogP contribution in [0.2, 0.25) is 0 Å². The van der Waals surface area contributed by atoms with E-state index in [1.807, 2.05) is 6.92 Å². The van der Waals surface area contributed by atoms with E-state index in [4.69, 9.17) is 5.73 Å². The number of halogens is 2. The molecule has 0 spiro atoms. The first-order valence-electron chi connectivity index (χ1n) is 2.56. The SMILES string of the molecule is C=C/C(C)=C(Br)\N=C(/N)Br. The molecule has 2 nitrogen and oxygen atoms in total. The molecule has 0 fully saturated rings. The van der Waals surface area contributed by atoms with Crippen LogP contribution in [0.3, 0.4) is 0 Å². The Bertz CT molecular complexity index is 190. The second kappa shape index (κ2) is 4.68. The lowest BCUT2D eigenvalue weighted by atomic mass is 10.3. The molecule has 0 saturated heterocycles. The van der Waals surface area contributed by atoms with Gasteiger partial charge in [-0.05, 0) is 44.4 Å². The summed E-state index contributed by atoms with van der Waals surface area (Å²) in [5.74, 6) is 0. The number of hydrogen-bond acceptors (Lipinski definition) is 1. The highest BCUT2D eigenvalue weighted by atomic mass is 79.9. The van der Waals surface area contributed by atoms with Gasteiger partial charge in [-0.3, -0.25) is 0 Å². The minimum absolute atomic E-state index is 0.348. The first-order valence-corrected chi connectivity index (χ1v) is 4.15. The number of hydrogen-bond donors (Lipinski definition) is 1. The lowest BCUT2D eigenvalue weighted by Crippen LogP contribution is -2.00. The number of rotatable bonds is 2. The molecule has 0 radical (unpaired) electrons. The molecule has 2 N–H and O–H groups in total. The zero-order valence-corrected chi connectivity index (χ0v) is 8.74. The minimum Gasteiger partial charge on any atom is -0.378 e. The summed E-state index contributed by atoms with van der Waals surface area (Å²) in [6.45, 7) is 5.46. The number of amidine groups is 1. The Kier molecular flexibility index (Phi) is 4.64. The van der Waals surface area contributed by atoms with Crippen LogP contribution >= 0.6 is 31.9 Å². The summed E-state index contributed by atoms with van der Waals surface area (Å²) >= 11 is 6.22. The summed E-state index contributed by atoms with van der Waals surface area (Å²) in [4.78, 5) is 3.88. The molecular weight excluding hydrogens is 260 g/mol. The van der Waals surface area contributed by atoms with Crippen molar-refractivity contribution in [1.82, 2.24) is 0 Å². The molecule has 0 aromatic heterocycles. The van der Waals surface area contributed by atoms with E-state index in [0.29, 0.717) is 9.35 Å². The summed E-state index contributed by atoms with van der Waals surface area (Å²) in [5.41, 5.74) is 6.20. The molecule has 0 amide bonds. The molecule has 0 aromatic carbocycles. The largest absolute Gasteiger partial charge is 0.378 e. The highest BCUT2D eigenvalue weighted by Crippen LogP contribution is 2.14. The third-order valence-electron chi connectivity index (χ3n) is 0.837. The Morgan fingerprint density at radius 3 is 2.40 bits per heavy atom. The molecule has 10 heavy (non-hydrogen) atoms. The van der Waals surface area contributed by atoms with Crippen molar-refractivity contribution in [1.29, 1.82) is 0 Å². The van der Waals surface area contributed by atoms with Gasteiger partial charge in [0.25, 0.3) is 0 Å². The lowest BCUT2D eigenvalue weighted by Gasteiger charge is -1.93. The fourth-order valence-electron chi connectivity index (χ4n) is 0.266. The molecule has 0 bridgehead atoms. The summed E-state index contributed by atoms with van der Waals surface area (Å²) < 4.78 is 1.04. The van der Waals surface area contributed by atoms with Gasteiger partial charge in [-0.15, -0.1) is 0 Å². The van der Waals surface area contributed by atoms with Crippen molar-refractivity contribution in [3.63, 3.8) is 0 Å². The number of aliphatic imine (C=N–C) groups is 1. The van der Waals surface area contributed by atoms with E-state index in [2.05, 4.69) is 43.4 Å². The molecule has 0 aliphatic carbocycles. The van der Waals surface area contributed by atoms with Crippen molar-refractivity contribution in [3.8, 4) is 0 Å². The van der Waals surface area contributed by atoms with Gasteiger partial charge in [-0.1, -0.05) is 12.7 Å². The van der Waals surface area contributed by atoms with Crippen molar-refractivity contribution in [3.05, 3.63) is 22.8 Å². The third kappa shape index (κ3) is 3.85. The molecule has 0 saturated carbocycles. The summed E-state index contributed by atoms with van der Waals surface area (Å²) in [7, 11) is 0. The van der Waals surface area contributed by atoms with Gasteiger partial charge in [0, 0.05) is 0 Å². The van der Waals surface area contributed by atoms with Gasteiger partial charge in [-0.2, -0.15) is 0 Å². The monoisotopic (exact) mass is 266 g/mol. The van der Waals surface area contributed by atoms with Gasteiger partial charge in [0.05, 0.1) is 0 Å². The molecule has 0 aliphatic heterocycles. The Balaban J connectivity index is 4.48. The molecule has 4 heteroatoms. The van der Waals surface area contributed by atoms with Crippen LogP contribution in [0.15, 0.2) is 27.8 Å². The average Bonchev–Trinajstić information content (AvgIpc) is 1.85. The normalized spacial score (nSPS) is 14.5. The predicted octanol–water partition coefficient (Wildman–Crippen LogP) is 2.51. The third-order valence-corrected chi connectivity index (χ3v) is 1.82. The lowest BCUT2D eigenvalue weighted by molar-refractivity contribution is 1.40. The molecule has 0 rings (SSSR count). The van der Waals surface area contributed by atoms with Crippen LogP contribution in [-0.4, -0.2) is 4.74 Å². The summed E-state index contributed by atoms with van der Waals surface area (Å²) in [6.07, 6.45) is 1.70. The standard InChI is InChI=1S/C6H8Br2N2/c1-3-4(2)5(7)10-6(8)9/h3H,1H2,2H3,(H2,9,10)/b5-4-. The van der Waals surface area contributed by atoms with Gasteiger partial charge < -0.3 is 5.73 Å². The number of allylic oxidation sites excluding steroid dienone is 2. The maximum Gasteiger partial charge on any atom is 0.168 e. The van der Waals surface area contributed by atoms with E-state index in [0.717, 1.165) is 5.57 Å². The van der Waals surface area contributed by atoms with E-state index in [9.17, 15) is 0 Å². The van der Waals surface area contributed by atoms with Crippen LogP contribution in [0.5, 0.6) is 0 Å². The maximum atomic E-state index is 5.25. The van der Waals surface area contributed by atoms with Gasteiger partial charge >= 0.3 is 0 Å². The van der Waals surface area contributed by atoms with Crippen LogP contribution in [0.4, 0.5) is 0 Å². The zero-order valence-electron chi connectivity index (χ0n) is 5.56. The predicted molar refractivity (Wildman–Crippen MR) is 52.4 cm³/mol. The molecule has 0 atom stereocenters. The van der Waals surface area contributed by atoms with Crippen molar-refractivity contribution in [2.75, 3.05) is 0 Å². The van der Waals surface area contributed by atoms with Crippen molar-refractivity contribution in [2.24, 2.45) is 10.7 Å². The fourth-order valence-corrected chi connectivity index (χ4v) is 1.03. The van der Waals surface area contributed by atoms with Crippen molar-refractivity contribution >= 4 is 36.6 Å². The average molecular weight is 268 g/mol. The van der Waals surface area contributed by atoms with E-state index < -0.39 is 0 Å². The molecule has 0 aromatic rings. The fraction of sp³-hybridized carbons (Fsp3) is 0.167. The number of nitrogens with two attached hydrogens (primary N) is 1. The zero-order chi connectivity index (χ0) is 8.15. The smallest absolute Gasteiger partial charge is 0.168 e. The highest BCUT2D eigenvalue weighted by molar-refractivity contribution is 9.18. The highest BCUT2D eigenvalue weighted by Gasteiger charge is 1.91. The van der Waals surface area contributed by atoms with Gasteiger partial charge in [0.1, 0.15) is 4.61 Å². The summed E-state index contributed by atoms with van der Waals surface area (Å²) in [6, 6.07) is 0.